The zero-order chi connectivity index (χ0) is 24.4. The van der Waals surface area contributed by atoms with Crippen LogP contribution in [0.3, 0.4) is 0 Å². The van der Waals surface area contributed by atoms with E-state index in [-0.39, 0.29) is 18.4 Å². The molecule has 35 heavy (non-hydrogen) atoms. The van der Waals surface area contributed by atoms with E-state index < -0.39 is 5.97 Å². The number of nitrogens with zero attached hydrogens (tertiary/aromatic N) is 2. The molecule has 0 radical (unpaired) electrons. The number of aromatic nitrogens is 2. The second-order valence-electron chi connectivity index (χ2n) is 8.96. The fraction of sp³-hybridized carbons (Fsp3) is 0.296. The van der Waals surface area contributed by atoms with Gasteiger partial charge in [-0.3, -0.25) is 10.2 Å². The predicted molar refractivity (Wildman–Crippen MR) is 136 cm³/mol. The van der Waals surface area contributed by atoms with Crippen molar-refractivity contribution in [1.82, 2.24) is 14.9 Å². The average Bonchev–Trinajstić information content (AvgIpc) is 3.19. The summed E-state index contributed by atoms with van der Waals surface area (Å²) in [6.45, 7) is 2.44. The molecule has 4 aromatic rings. The number of nitrogens with one attached hydrogen (secondary N) is 2. The van der Waals surface area contributed by atoms with Gasteiger partial charge >= 0.3 is 5.97 Å². The number of hydrogen-bond acceptors (Lipinski definition) is 5. The first-order chi connectivity index (χ1) is 17.0. The van der Waals surface area contributed by atoms with Gasteiger partial charge in [0.1, 0.15) is 23.5 Å². The molecule has 1 fully saturated rings. The zero-order valence-electron chi connectivity index (χ0n) is 19.5. The van der Waals surface area contributed by atoms with E-state index in [2.05, 4.69) is 9.88 Å². The number of piperidine rings is 1. The van der Waals surface area contributed by atoms with Gasteiger partial charge in [0.25, 0.3) is 0 Å². The summed E-state index contributed by atoms with van der Waals surface area (Å²) in [5, 5.41) is 22.5. The number of carbonyl (C=O) groups is 1. The number of fused-ring (bicyclic) bond motifs is 2. The lowest BCUT2D eigenvalue weighted by molar-refractivity contribution is -0.137. The van der Waals surface area contributed by atoms with Crippen LogP contribution in [0.1, 0.15) is 36.2 Å². The van der Waals surface area contributed by atoms with Crippen LogP contribution in [-0.4, -0.2) is 45.7 Å². The van der Waals surface area contributed by atoms with Crippen molar-refractivity contribution in [3.05, 3.63) is 71.5 Å². The number of hydrogen-bond donors (Lipinski definition) is 4. The molecule has 1 aromatic heterocycles. The average molecular weight is 472 g/mol. The van der Waals surface area contributed by atoms with Crippen LogP contribution in [0.4, 0.5) is 0 Å². The molecular weight excluding hydrogens is 442 g/mol. The highest BCUT2D eigenvalue weighted by molar-refractivity contribution is 6.08. The molecule has 180 valence electrons. The molecule has 0 saturated carbocycles. The van der Waals surface area contributed by atoms with Crippen molar-refractivity contribution >= 4 is 33.6 Å². The van der Waals surface area contributed by atoms with Crippen molar-refractivity contribution < 1.29 is 14.6 Å². The van der Waals surface area contributed by atoms with Crippen molar-refractivity contribution in [2.45, 2.75) is 38.3 Å². The Morgan fingerprint density at radius 3 is 2.66 bits per heavy atom. The number of benzene rings is 3. The first-order valence-corrected chi connectivity index (χ1v) is 11.9. The second kappa shape index (κ2) is 9.76. The first-order valence-electron chi connectivity index (χ1n) is 11.9. The number of aliphatic carboxylic acids is 1. The highest BCUT2D eigenvalue weighted by Crippen LogP contribution is 2.28. The Morgan fingerprint density at radius 1 is 1.14 bits per heavy atom. The van der Waals surface area contributed by atoms with Crippen LogP contribution in [0.15, 0.2) is 54.6 Å². The molecule has 0 spiro atoms. The molecule has 0 unspecified atom stereocenters. The molecule has 5 N–H and O–H groups in total. The lowest BCUT2D eigenvalue weighted by Gasteiger charge is -2.23. The third-order valence-electron chi connectivity index (χ3n) is 6.58. The maximum absolute atomic E-state index is 11.3. The van der Waals surface area contributed by atoms with E-state index in [4.69, 9.17) is 20.9 Å². The fourth-order valence-electron chi connectivity index (χ4n) is 4.83. The predicted octanol–water partition coefficient (Wildman–Crippen LogP) is 3.67. The number of ether oxygens (including phenoxy) is 1. The molecule has 3 aromatic carbocycles. The largest absolute Gasteiger partial charge is 0.490 e. The lowest BCUT2D eigenvalue weighted by atomic mass is 9.98. The van der Waals surface area contributed by atoms with Crippen molar-refractivity contribution in [3.63, 3.8) is 0 Å². The number of aryl methyl sites for hydroxylation is 1. The molecule has 2 heterocycles. The van der Waals surface area contributed by atoms with Crippen molar-refractivity contribution in [2.75, 3.05) is 13.1 Å². The third-order valence-corrected chi connectivity index (χ3v) is 6.58. The van der Waals surface area contributed by atoms with Gasteiger partial charge in [-0.2, -0.15) is 0 Å². The molecule has 0 bridgehead atoms. The summed E-state index contributed by atoms with van der Waals surface area (Å²) in [5.74, 6) is 0.690. The van der Waals surface area contributed by atoms with Gasteiger partial charge in [0.05, 0.1) is 17.5 Å². The van der Waals surface area contributed by atoms with Crippen LogP contribution in [0.25, 0.3) is 21.8 Å². The Hall–Kier alpha value is -3.91. The summed E-state index contributed by atoms with van der Waals surface area (Å²) in [7, 11) is 0. The molecule has 1 aliphatic rings. The van der Waals surface area contributed by atoms with Crippen molar-refractivity contribution in [1.29, 1.82) is 5.41 Å². The van der Waals surface area contributed by atoms with E-state index >= 15 is 0 Å². The molecule has 8 heteroatoms. The molecule has 0 amide bonds. The van der Waals surface area contributed by atoms with Gasteiger partial charge in [-0.1, -0.05) is 36.4 Å². The Morgan fingerprint density at radius 2 is 1.91 bits per heavy atom. The Labute approximate surface area is 203 Å². The minimum atomic E-state index is -0.852. The number of carboxylic acids is 1. The maximum Gasteiger partial charge on any atom is 0.303 e. The molecule has 1 aliphatic heterocycles. The summed E-state index contributed by atoms with van der Waals surface area (Å²) < 4.78 is 8.29. The topological polar surface area (TPSA) is 126 Å². The van der Waals surface area contributed by atoms with E-state index in [0.717, 1.165) is 64.9 Å². The van der Waals surface area contributed by atoms with E-state index in [1.54, 1.807) is 0 Å². The highest BCUT2D eigenvalue weighted by Gasteiger charge is 2.18. The van der Waals surface area contributed by atoms with E-state index in [1.165, 1.54) is 0 Å². The number of nitrogens with two attached hydrogens (primary N) is 1. The lowest BCUT2D eigenvalue weighted by Crippen LogP contribution is -2.34. The number of nitrogen functional groups attached to an aromatic ring is 1. The van der Waals surface area contributed by atoms with E-state index in [9.17, 15) is 9.90 Å². The number of rotatable bonds is 8. The maximum atomic E-state index is 11.3. The summed E-state index contributed by atoms with van der Waals surface area (Å²) in [4.78, 5) is 16.1. The standard InChI is InChI=1S/C27H29N5O3/c28-27(29)22-7-5-17(20-3-1-2-4-21(20)22)16-32-24-8-6-19(35-18-11-13-30-14-12-18)15-23(24)31-25(32)9-10-26(33)34/h1-8,15,18,30H,9-14,16H2,(H3,28,29)(H,33,34). The molecule has 0 aliphatic carbocycles. The van der Waals surface area contributed by atoms with E-state index in [1.807, 2.05) is 54.6 Å². The minimum absolute atomic E-state index is 0.00573. The van der Waals surface area contributed by atoms with Crippen LogP contribution < -0.4 is 15.8 Å². The first kappa shape index (κ1) is 22.9. The summed E-state index contributed by atoms with van der Waals surface area (Å²) in [5.41, 5.74) is 9.29. The quantitative estimate of drug-likeness (QED) is 0.229. The van der Waals surface area contributed by atoms with Gasteiger partial charge in [-0.25, -0.2) is 4.98 Å². The van der Waals surface area contributed by atoms with Crippen LogP contribution in [0, 0.1) is 5.41 Å². The van der Waals surface area contributed by atoms with Gasteiger partial charge < -0.3 is 25.5 Å². The molecule has 0 atom stereocenters. The summed E-state index contributed by atoms with van der Waals surface area (Å²) in [6.07, 6.45) is 2.47. The van der Waals surface area contributed by atoms with Crippen LogP contribution in [-0.2, 0) is 17.8 Å². The summed E-state index contributed by atoms with van der Waals surface area (Å²) >= 11 is 0. The van der Waals surface area contributed by atoms with Gasteiger partial charge in [0.15, 0.2) is 0 Å². The summed E-state index contributed by atoms with van der Waals surface area (Å²) in [6, 6.07) is 17.7. The fourth-order valence-corrected chi connectivity index (χ4v) is 4.83. The van der Waals surface area contributed by atoms with Crippen molar-refractivity contribution in [2.24, 2.45) is 5.73 Å². The monoisotopic (exact) mass is 471 g/mol. The minimum Gasteiger partial charge on any atom is -0.490 e. The van der Waals surface area contributed by atoms with E-state index in [0.29, 0.717) is 18.5 Å². The molecule has 5 rings (SSSR count). The Balaban J connectivity index is 1.54. The highest BCUT2D eigenvalue weighted by atomic mass is 16.5. The Bertz CT molecular complexity index is 1400. The van der Waals surface area contributed by atoms with Crippen LogP contribution in [0.5, 0.6) is 5.75 Å². The zero-order valence-corrected chi connectivity index (χ0v) is 19.5. The van der Waals surface area contributed by atoms with Gasteiger partial charge in [-0.15, -0.1) is 0 Å². The second-order valence-corrected chi connectivity index (χ2v) is 8.96. The number of amidine groups is 1. The van der Waals surface area contributed by atoms with Crippen molar-refractivity contribution in [3.8, 4) is 5.75 Å². The number of imidazole rings is 1. The number of carboxylic acid groups (broad SMARTS) is 1. The molecular formula is C27H29N5O3. The SMILES string of the molecule is N=C(N)c1ccc(Cn2c(CCC(=O)O)nc3cc(OC4CCNCC4)ccc32)c2ccccc12. The van der Waals surface area contributed by atoms with Gasteiger partial charge in [0.2, 0.25) is 0 Å². The van der Waals surface area contributed by atoms with Gasteiger partial charge in [-0.05, 0) is 54.4 Å². The van der Waals surface area contributed by atoms with Crippen LogP contribution in [0.2, 0.25) is 0 Å². The third kappa shape index (κ3) is 4.83. The Kier molecular flexibility index (Phi) is 6.37. The smallest absolute Gasteiger partial charge is 0.303 e. The molecule has 8 nitrogen and oxygen atoms in total. The molecule has 1 saturated heterocycles. The normalized spacial score (nSPS) is 14.4. The van der Waals surface area contributed by atoms with Gasteiger partial charge in [0, 0.05) is 24.6 Å². The van der Waals surface area contributed by atoms with Crippen LogP contribution >= 0.6 is 0 Å².